The Kier molecular flexibility index (Phi) is 3.32. The lowest BCUT2D eigenvalue weighted by atomic mass is 10.1. The van der Waals surface area contributed by atoms with Gasteiger partial charge in [0.1, 0.15) is 5.76 Å². The fraction of sp³-hybridized carbons (Fsp3) is 0.267. The third-order valence-corrected chi connectivity index (χ3v) is 3.49. The molecule has 114 valence electrons. The van der Waals surface area contributed by atoms with Gasteiger partial charge < -0.3 is 9.32 Å². The minimum absolute atomic E-state index is 0.247. The zero-order valence-electron chi connectivity index (χ0n) is 12.6. The second kappa shape index (κ2) is 5.18. The van der Waals surface area contributed by atoms with E-state index in [2.05, 4.69) is 10.1 Å². The highest BCUT2D eigenvalue weighted by Crippen LogP contribution is 2.17. The first kappa shape index (κ1) is 14.1. The second-order valence-corrected chi connectivity index (χ2v) is 5.25. The number of aromatic amines is 1. The van der Waals surface area contributed by atoms with Crippen molar-refractivity contribution < 1.29 is 9.21 Å². The average Bonchev–Trinajstić information content (AvgIpc) is 3.06. The molecule has 0 aliphatic heterocycles. The number of rotatable bonds is 3. The molecule has 1 N–H and O–H groups in total. The Morgan fingerprint density at radius 2 is 2.27 bits per heavy atom. The van der Waals surface area contributed by atoms with Gasteiger partial charge in [-0.05, 0) is 25.1 Å². The number of amides is 1. The highest BCUT2D eigenvalue weighted by atomic mass is 16.3. The van der Waals surface area contributed by atoms with Gasteiger partial charge in [-0.25, -0.2) is 4.98 Å². The summed E-state index contributed by atoms with van der Waals surface area (Å²) < 4.78 is 6.77. The maximum Gasteiger partial charge on any atom is 0.274 e. The Morgan fingerprint density at radius 3 is 2.95 bits per heavy atom. The van der Waals surface area contributed by atoms with Crippen LogP contribution in [0, 0.1) is 6.92 Å². The molecule has 3 heterocycles. The topological polar surface area (TPSA) is 84.1 Å². The van der Waals surface area contributed by atoms with Crippen LogP contribution >= 0.6 is 0 Å². The lowest BCUT2D eigenvalue weighted by Gasteiger charge is -2.16. The molecule has 0 aliphatic rings. The van der Waals surface area contributed by atoms with Gasteiger partial charge in [-0.3, -0.25) is 19.4 Å². The van der Waals surface area contributed by atoms with Gasteiger partial charge in [0.25, 0.3) is 11.5 Å². The standard InChI is InChI=1S/C15H16N4O3/c1-9-7-11(12-13(16-9)19(3)17-14(12)20)15(21)18(2)8-10-5-4-6-22-10/h4-7H,8H2,1-3H3,(H,17,20). The predicted octanol–water partition coefficient (Wildman–Crippen LogP) is 1.44. The number of carbonyl (C=O) groups is 1. The SMILES string of the molecule is Cc1cc(C(=O)N(C)Cc2ccco2)c2c(=O)[nH]n(C)c2n1. The molecule has 0 atom stereocenters. The molecule has 0 saturated carbocycles. The molecule has 0 aromatic carbocycles. The van der Waals surface area contributed by atoms with E-state index in [0.717, 1.165) is 0 Å². The van der Waals surface area contributed by atoms with E-state index in [9.17, 15) is 9.59 Å². The molecule has 3 aromatic rings. The number of fused-ring (bicyclic) bond motifs is 1. The third kappa shape index (κ3) is 2.30. The van der Waals surface area contributed by atoms with E-state index in [1.807, 2.05) is 0 Å². The zero-order valence-corrected chi connectivity index (χ0v) is 12.6. The van der Waals surface area contributed by atoms with Crippen molar-refractivity contribution in [2.24, 2.45) is 7.05 Å². The van der Waals surface area contributed by atoms with Crippen LogP contribution in [0.2, 0.25) is 0 Å². The Morgan fingerprint density at radius 1 is 1.50 bits per heavy atom. The number of hydrogen-bond donors (Lipinski definition) is 1. The van der Waals surface area contributed by atoms with Gasteiger partial charge in [0.2, 0.25) is 0 Å². The maximum atomic E-state index is 12.7. The van der Waals surface area contributed by atoms with Gasteiger partial charge in [0.15, 0.2) is 5.65 Å². The van der Waals surface area contributed by atoms with Gasteiger partial charge in [-0.15, -0.1) is 0 Å². The Hall–Kier alpha value is -2.83. The highest BCUT2D eigenvalue weighted by Gasteiger charge is 2.21. The summed E-state index contributed by atoms with van der Waals surface area (Å²) >= 11 is 0. The largest absolute Gasteiger partial charge is 0.467 e. The van der Waals surface area contributed by atoms with Crippen LogP contribution in [0.3, 0.4) is 0 Å². The highest BCUT2D eigenvalue weighted by molar-refractivity contribution is 6.05. The van der Waals surface area contributed by atoms with Crippen LogP contribution in [0.15, 0.2) is 33.7 Å². The maximum absolute atomic E-state index is 12.7. The van der Waals surface area contributed by atoms with Crippen LogP contribution in [0.1, 0.15) is 21.8 Å². The molecule has 0 saturated heterocycles. The van der Waals surface area contributed by atoms with Crippen molar-refractivity contribution in [3.63, 3.8) is 0 Å². The summed E-state index contributed by atoms with van der Waals surface area (Å²) in [5, 5.41) is 2.94. The van der Waals surface area contributed by atoms with Crippen LogP contribution in [0.5, 0.6) is 0 Å². The number of furan rings is 1. The van der Waals surface area contributed by atoms with Gasteiger partial charge >= 0.3 is 0 Å². The minimum Gasteiger partial charge on any atom is -0.467 e. The van der Waals surface area contributed by atoms with Crippen LogP contribution in [-0.2, 0) is 13.6 Å². The second-order valence-electron chi connectivity index (χ2n) is 5.25. The molecular weight excluding hydrogens is 284 g/mol. The monoisotopic (exact) mass is 300 g/mol. The van der Waals surface area contributed by atoms with Crippen molar-refractivity contribution >= 4 is 16.9 Å². The fourth-order valence-electron chi connectivity index (χ4n) is 2.47. The van der Waals surface area contributed by atoms with Crippen molar-refractivity contribution in [2.75, 3.05) is 7.05 Å². The fourth-order valence-corrected chi connectivity index (χ4v) is 2.47. The molecule has 0 bridgehead atoms. The first-order valence-corrected chi connectivity index (χ1v) is 6.81. The Labute approximate surface area is 126 Å². The predicted molar refractivity (Wildman–Crippen MR) is 80.6 cm³/mol. The minimum atomic E-state index is -0.320. The van der Waals surface area contributed by atoms with Crippen molar-refractivity contribution in [2.45, 2.75) is 13.5 Å². The van der Waals surface area contributed by atoms with Crippen molar-refractivity contribution in [3.8, 4) is 0 Å². The number of carbonyl (C=O) groups excluding carboxylic acids is 1. The van der Waals surface area contributed by atoms with E-state index in [1.54, 1.807) is 45.5 Å². The van der Waals surface area contributed by atoms with Gasteiger partial charge in [0.05, 0.1) is 23.8 Å². The Bertz CT molecular complexity index is 890. The van der Waals surface area contributed by atoms with Crippen molar-refractivity contribution in [3.05, 3.63) is 51.8 Å². The first-order valence-electron chi connectivity index (χ1n) is 6.81. The summed E-state index contributed by atoms with van der Waals surface area (Å²) in [6.07, 6.45) is 1.56. The van der Waals surface area contributed by atoms with Crippen molar-refractivity contribution in [1.29, 1.82) is 0 Å². The van der Waals surface area contributed by atoms with E-state index in [-0.39, 0.29) is 11.5 Å². The summed E-state index contributed by atoms with van der Waals surface area (Å²) in [5.41, 5.74) is 1.18. The summed E-state index contributed by atoms with van der Waals surface area (Å²) in [5.74, 6) is 0.434. The molecule has 1 amide bonds. The third-order valence-electron chi connectivity index (χ3n) is 3.49. The van der Waals surface area contributed by atoms with Crippen LogP contribution in [0.4, 0.5) is 0 Å². The molecular formula is C15H16N4O3. The van der Waals surface area contributed by atoms with Crippen LogP contribution in [-0.4, -0.2) is 32.6 Å². The lowest BCUT2D eigenvalue weighted by Crippen LogP contribution is -2.27. The summed E-state index contributed by atoms with van der Waals surface area (Å²) in [6, 6.07) is 5.20. The number of pyridine rings is 1. The summed E-state index contributed by atoms with van der Waals surface area (Å²) in [4.78, 5) is 30.6. The normalized spacial score (nSPS) is 11.0. The van der Waals surface area contributed by atoms with Gasteiger partial charge in [-0.2, -0.15) is 0 Å². The number of hydrogen-bond acceptors (Lipinski definition) is 4. The van der Waals surface area contributed by atoms with E-state index < -0.39 is 0 Å². The molecule has 7 nitrogen and oxygen atoms in total. The molecule has 0 aliphatic carbocycles. The lowest BCUT2D eigenvalue weighted by molar-refractivity contribution is 0.0777. The smallest absolute Gasteiger partial charge is 0.274 e. The van der Waals surface area contributed by atoms with E-state index in [4.69, 9.17) is 4.42 Å². The molecule has 0 fully saturated rings. The molecule has 7 heteroatoms. The summed E-state index contributed by atoms with van der Waals surface area (Å²) in [6.45, 7) is 2.12. The Balaban J connectivity index is 2.05. The van der Waals surface area contributed by atoms with E-state index in [0.29, 0.717) is 34.6 Å². The molecule has 0 radical (unpaired) electrons. The van der Waals surface area contributed by atoms with Crippen LogP contribution in [0.25, 0.3) is 11.0 Å². The molecule has 0 unspecified atom stereocenters. The number of nitrogens with zero attached hydrogens (tertiary/aromatic N) is 3. The van der Waals surface area contributed by atoms with Gasteiger partial charge in [0, 0.05) is 19.8 Å². The van der Waals surface area contributed by atoms with Crippen molar-refractivity contribution in [1.82, 2.24) is 19.7 Å². The van der Waals surface area contributed by atoms with E-state index >= 15 is 0 Å². The zero-order chi connectivity index (χ0) is 15.9. The average molecular weight is 300 g/mol. The number of aromatic nitrogens is 3. The quantitative estimate of drug-likeness (QED) is 0.793. The number of H-pyrrole nitrogens is 1. The number of nitrogens with one attached hydrogen (secondary N) is 1. The molecule has 3 rings (SSSR count). The molecule has 0 spiro atoms. The van der Waals surface area contributed by atoms with Gasteiger partial charge in [-0.1, -0.05) is 0 Å². The van der Waals surface area contributed by atoms with E-state index in [1.165, 1.54) is 9.58 Å². The first-order chi connectivity index (χ1) is 10.5. The number of aryl methyl sites for hydroxylation is 2. The molecule has 3 aromatic heterocycles. The summed E-state index contributed by atoms with van der Waals surface area (Å²) in [7, 11) is 3.36. The van der Waals surface area contributed by atoms with Crippen LogP contribution < -0.4 is 5.56 Å². The molecule has 22 heavy (non-hydrogen) atoms.